The first-order valence-corrected chi connectivity index (χ1v) is 12.6. The maximum Gasteiger partial charge on any atom is 0.408 e. The SMILES string of the molecule is Cc1ccc(C(OC(=O)[C@H](CN)NC(=O)OCc2ccccc2)(c2ccccc2)c2ccccc2Cl)cc1. The molecule has 0 heterocycles. The van der Waals surface area contributed by atoms with E-state index < -0.39 is 23.7 Å². The van der Waals surface area contributed by atoms with Gasteiger partial charge in [0.2, 0.25) is 0 Å². The number of carbonyl (C=O) groups excluding carboxylic acids is 2. The maximum absolute atomic E-state index is 13.7. The molecule has 194 valence electrons. The number of nitrogens with two attached hydrogens (primary N) is 1. The van der Waals surface area contributed by atoms with Crippen molar-refractivity contribution in [1.29, 1.82) is 0 Å². The van der Waals surface area contributed by atoms with Crippen molar-refractivity contribution in [2.75, 3.05) is 6.54 Å². The minimum atomic E-state index is -1.41. The van der Waals surface area contributed by atoms with Crippen molar-refractivity contribution in [2.45, 2.75) is 25.2 Å². The van der Waals surface area contributed by atoms with Crippen LogP contribution < -0.4 is 11.1 Å². The molecule has 0 radical (unpaired) electrons. The Kier molecular flexibility index (Phi) is 8.79. The summed E-state index contributed by atoms with van der Waals surface area (Å²) in [5, 5.41) is 2.96. The van der Waals surface area contributed by atoms with Gasteiger partial charge in [0.05, 0.1) is 0 Å². The Morgan fingerprint density at radius 2 is 1.42 bits per heavy atom. The molecule has 0 aliphatic heterocycles. The molecule has 7 heteroatoms. The number of hydrogen-bond acceptors (Lipinski definition) is 5. The lowest BCUT2D eigenvalue weighted by molar-refractivity contribution is -0.155. The van der Waals surface area contributed by atoms with Crippen molar-refractivity contribution in [3.8, 4) is 0 Å². The van der Waals surface area contributed by atoms with Gasteiger partial charge in [0, 0.05) is 28.3 Å². The molecule has 0 fully saturated rings. The number of hydrogen-bond donors (Lipinski definition) is 2. The van der Waals surface area contributed by atoms with Crippen molar-refractivity contribution < 1.29 is 19.1 Å². The number of esters is 1. The zero-order valence-electron chi connectivity index (χ0n) is 21.0. The summed E-state index contributed by atoms with van der Waals surface area (Å²) in [7, 11) is 0. The van der Waals surface area contributed by atoms with E-state index in [4.69, 9.17) is 26.8 Å². The molecule has 4 rings (SSSR count). The van der Waals surface area contributed by atoms with Crippen LogP contribution in [-0.2, 0) is 26.5 Å². The summed E-state index contributed by atoms with van der Waals surface area (Å²) < 4.78 is 11.7. The summed E-state index contributed by atoms with van der Waals surface area (Å²) in [6.07, 6.45) is -0.778. The van der Waals surface area contributed by atoms with Gasteiger partial charge >= 0.3 is 12.1 Å². The van der Waals surface area contributed by atoms with Crippen LogP contribution in [0.3, 0.4) is 0 Å². The van der Waals surface area contributed by atoms with E-state index in [0.29, 0.717) is 21.7 Å². The van der Waals surface area contributed by atoms with Crippen molar-refractivity contribution in [2.24, 2.45) is 5.73 Å². The highest BCUT2D eigenvalue weighted by molar-refractivity contribution is 6.31. The fourth-order valence-corrected chi connectivity index (χ4v) is 4.47. The first-order valence-electron chi connectivity index (χ1n) is 12.2. The van der Waals surface area contributed by atoms with Crippen LogP contribution in [0, 0.1) is 6.92 Å². The Morgan fingerprint density at radius 3 is 2.05 bits per heavy atom. The van der Waals surface area contributed by atoms with Crippen LogP contribution in [0.5, 0.6) is 0 Å². The van der Waals surface area contributed by atoms with E-state index in [9.17, 15) is 9.59 Å². The fraction of sp³-hybridized carbons (Fsp3) is 0.161. The average molecular weight is 529 g/mol. The topological polar surface area (TPSA) is 90.6 Å². The predicted octanol–water partition coefficient (Wildman–Crippen LogP) is 5.74. The number of rotatable bonds is 9. The lowest BCUT2D eigenvalue weighted by Gasteiger charge is -2.37. The molecule has 0 saturated carbocycles. The Morgan fingerprint density at radius 1 is 0.842 bits per heavy atom. The van der Waals surface area contributed by atoms with E-state index in [2.05, 4.69) is 5.32 Å². The van der Waals surface area contributed by atoms with Gasteiger partial charge in [-0.15, -0.1) is 0 Å². The fourth-order valence-electron chi connectivity index (χ4n) is 4.20. The summed E-state index contributed by atoms with van der Waals surface area (Å²) in [6, 6.07) is 32.3. The molecule has 1 unspecified atom stereocenters. The highest BCUT2D eigenvalue weighted by Crippen LogP contribution is 2.43. The Balaban J connectivity index is 1.69. The summed E-state index contributed by atoms with van der Waals surface area (Å²) >= 11 is 6.71. The second kappa shape index (κ2) is 12.4. The quantitative estimate of drug-likeness (QED) is 0.214. The molecule has 0 aliphatic rings. The smallest absolute Gasteiger partial charge is 0.408 e. The standard InChI is InChI=1S/C31H29ClN2O4/c1-22-16-18-25(19-17-22)31(24-12-6-3-7-13-24,26-14-8-9-15-27(26)32)38-29(35)28(20-33)34-30(36)37-21-23-10-4-2-5-11-23/h2-19,28H,20-21,33H2,1H3,(H,34,36)/t28-,31?/m0/s1. The molecule has 1 amide bonds. The number of ether oxygens (including phenoxy) is 2. The van der Waals surface area contributed by atoms with Gasteiger partial charge in [-0.05, 0) is 18.6 Å². The van der Waals surface area contributed by atoms with Gasteiger partial charge in [-0.3, -0.25) is 0 Å². The van der Waals surface area contributed by atoms with E-state index in [1.165, 1.54) is 0 Å². The number of alkyl carbamates (subject to hydrolysis) is 1. The number of amides is 1. The lowest BCUT2D eigenvalue weighted by atomic mass is 9.79. The zero-order chi connectivity index (χ0) is 27.0. The maximum atomic E-state index is 13.7. The van der Waals surface area contributed by atoms with Crippen LogP contribution in [0.4, 0.5) is 4.79 Å². The highest BCUT2D eigenvalue weighted by Gasteiger charge is 2.43. The van der Waals surface area contributed by atoms with Crippen molar-refractivity contribution in [1.82, 2.24) is 5.32 Å². The normalized spacial score (nSPS) is 13.1. The summed E-state index contributed by atoms with van der Waals surface area (Å²) in [6.45, 7) is 1.83. The van der Waals surface area contributed by atoms with Gasteiger partial charge in [0.1, 0.15) is 12.6 Å². The second-order valence-electron chi connectivity index (χ2n) is 8.81. The van der Waals surface area contributed by atoms with Gasteiger partial charge in [0.15, 0.2) is 5.60 Å². The molecule has 38 heavy (non-hydrogen) atoms. The largest absolute Gasteiger partial charge is 0.445 e. The van der Waals surface area contributed by atoms with Gasteiger partial charge in [-0.25, -0.2) is 9.59 Å². The third kappa shape index (κ3) is 6.05. The van der Waals surface area contributed by atoms with Crippen LogP contribution >= 0.6 is 11.6 Å². The van der Waals surface area contributed by atoms with Gasteiger partial charge in [-0.2, -0.15) is 0 Å². The Labute approximate surface area is 227 Å². The molecular weight excluding hydrogens is 500 g/mol. The van der Waals surface area contributed by atoms with Crippen molar-refractivity contribution >= 4 is 23.7 Å². The number of benzene rings is 4. The van der Waals surface area contributed by atoms with Gasteiger partial charge < -0.3 is 20.5 Å². The third-order valence-electron chi connectivity index (χ3n) is 6.17. The van der Waals surface area contributed by atoms with Crippen LogP contribution in [0.15, 0.2) is 109 Å². The molecule has 6 nitrogen and oxygen atoms in total. The molecule has 2 atom stereocenters. The van der Waals surface area contributed by atoms with Crippen LogP contribution in [0.25, 0.3) is 0 Å². The molecule has 0 spiro atoms. The minimum Gasteiger partial charge on any atom is -0.445 e. The molecule has 4 aromatic carbocycles. The van der Waals surface area contributed by atoms with Crippen molar-refractivity contribution in [3.63, 3.8) is 0 Å². The third-order valence-corrected chi connectivity index (χ3v) is 6.50. The minimum absolute atomic E-state index is 0.0515. The monoisotopic (exact) mass is 528 g/mol. The molecule has 0 bridgehead atoms. The molecular formula is C31H29ClN2O4. The van der Waals surface area contributed by atoms with E-state index in [1.54, 1.807) is 6.07 Å². The summed E-state index contributed by atoms with van der Waals surface area (Å²) in [5.74, 6) is -0.728. The molecule has 0 aliphatic carbocycles. The molecule has 4 aromatic rings. The van der Waals surface area contributed by atoms with Gasteiger partial charge in [0.25, 0.3) is 0 Å². The molecule has 0 saturated heterocycles. The van der Waals surface area contributed by atoms with Gasteiger partial charge in [-0.1, -0.05) is 120 Å². The lowest BCUT2D eigenvalue weighted by Crippen LogP contribution is -2.49. The summed E-state index contributed by atoms with van der Waals surface area (Å²) in [4.78, 5) is 26.2. The number of carbonyl (C=O) groups is 2. The number of halogens is 1. The van der Waals surface area contributed by atoms with Crippen LogP contribution in [0.2, 0.25) is 5.02 Å². The Hall–Kier alpha value is -4.13. The van der Waals surface area contributed by atoms with Crippen molar-refractivity contribution in [3.05, 3.63) is 142 Å². The first kappa shape index (κ1) is 26.9. The average Bonchev–Trinajstić information content (AvgIpc) is 2.95. The second-order valence-corrected chi connectivity index (χ2v) is 9.22. The zero-order valence-corrected chi connectivity index (χ0v) is 21.7. The molecule has 0 aromatic heterocycles. The predicted molar refractivity (Wildman–Crippen MR) is 148 cm³/mol. The van der Waals surface area contributed by atoms with Crippen LogP contribution in [-0.4, -0.2) is 24.6 Å². The van der Waals surface area contributed by atoms with E-state index in [1.807, 2.05) is 110 Å². The Bertz CT molecular complexity index is 1360. The van der Waals surface area contributed by atoms with E-state index in [0.717, 1.165) is 11.1 Å². The van der Waals surface area contributed by atoms with Crippen LogP contribution in [0.1, 0.15) is 27.8 Å². The number of nitrogens with one attached hydrogen (secondary N) is 1. The highest BCUT2D eigenvalue weighted by atomic mass is 35.5. The first-order chi connectivity index (χ1) is 18.4. The number of aryl methyl sites for hydroxylation is 1. The van der Waals surface area contributed by atoms with E-state index >= 15 is 0 Å². The summed E-state index contributed by atoms with van der Waals surface area (Å²) in [5.41, 5.74) is 8.33. The van der Waals surface area contributed by atoms with E-state index in [-0.39, 0.29) is 13.2 Å². The molecule has 3 N–H and O–H groups in total.